The molecule has 0 bridgehead atoms. The number of nitrogens with two attached hydrogens (primary N) is 2. The zero-order chi connectivity index (χ0) is 21.6. The van der Waals surface area contributed by atoms with E-state index in [4.69, 9.17) is 11.5 Å². The Balaban J connectivity index is 1.46. The summed E-state index contributed by atoms with van der Waals surface area (Å²) in [4.78, 5) is 16.9. The van der Waals surface area contributed by atoms with Gasteiger partial charge in [0.25, 0.3) is 0 Å². The molecule has 0 spiro atoms. The first kappa shape index (κ1) is 20.3. The first-order valence-corrected chi connectivity index (χ1v) is 10.1. The molecule has 0 aliphatic rings. The number of hydrogen-bond acceptors (Lipinski definition) is 4. The highest BCUT2D eigenvalue weighted by Crippen LogP contribution is 2.26. The quantitative estimate of drug-likeness (QED) is 0.438. The summed E-state index contributed by atoms with van der Waals surface area (Å²) < 4.78 is 0. The summed E-state index contributed by atoms with van der Waals surface area (Å²) in [7, 11) is 0. The van der Waals surface area contributed by atoms with Crippen LogP contribution in [0, 0.1) is 0 Å². The maximum Gasteiger partial charge on any atom is 0.241 e. The molecule has 1 aromatic heterocycles. The number of rotatable bonds is 6. The third-order valence-corrected chi connectivity index (χ3v) is 5.05. The van der Waals surface area contributed by atoms with E-state index in [1.165, 1.54) is 0 Å². The van der Waals surface area contributed by atoms with Gasteiger partial charge in [0, 0.05) is 11.3 Å². The molecule has 5 N–H and O–H groups in total. The van der Waals surface area contributed by atoms with E-state index < -0.39 is 6.04 Å². The number of amides is 1. The lowest BCUT2D eigenvalue weighted by Gasteiger charge is -2.13. The van der Waals surface area contributed by atoms with Gasteiger partial charge in [-0.2, -0.15) is 0 Å². The van der Waals surface area contributed by atoms with Crippen LogP contribution in [0.2, 0.25) is 0 Å². The van der Waals surface area contributed by atoms with Crippen molar-refractivity contribution in [3.8, 4) is 22.4 Å². The van der Waals surface area contributed by atoms with Crippen molar-refractivity contribution < 1.29 is 4.79 Å². The molecule has 0 fully saturated rings. The SMILES string of the molecule is Nc1cccc(-c2ccc(-c3cccc(NC(=O)C(N)Cc4ccccc4)c3)cc2)n1. The van der Waals surface area contributed by atoms with Crippen LogP contribution in [0.5, 0.6) is 0 Å². The van der Waals surface area contributed by atoms with Gasteiger partial charge in [0.05, 0.1) is 11.7 Å². The van der Waals surface area contributed by atoms with Crippen LogP contribution in [0.1, 0.15) is 5.56 Å². The van der Waals surface area contributed by atoms with Gasteiger partial charge in [0.15, 0.2) is 0 Å². The zero-order valence-corrected chi connectivity index (χ0v) is 17.0. The first-order valence-electron chi connectivity index (χ1n) is 10.1. The molecule has 154 valence electrons. The number of nitrogen functional groups attached to an aromatic ring is 1. The number of carbonyl (C=O) groups is 1. The van der Waals surface area contributed by atoms with E-state index in [9.17, 15) is 4.79 Å². The molecule has 1 atom stereocenters. The van der Waals surface area contributed by atoms with Crippen molar-refractivity contribution in [3.63, 3.8) is 0 Å². The molecule has 1 amide bonds. The number of anilines is 2. The molecule has 0 saturated carbocycles. The molecule has 1 unspecified atom stereocenters. The standard InChI is InChI=1S/C26H24N4O/c27-23(16-18-6-2-1-3-7-18)26(31)29-22-9-4-8-21(17-22)19-12-14-20(15-13-19)24-10-5-11-25(28)30-24/h1-15,17,23H,16,27H2,(H2,28,30)(H,29,31). The third kappa shape index (κ3) is 5.15. The lowest BCUT2D eigenvalue weighted by Crippen LogP contribution is -2.37. The largest absolute Gasteiger partial charge is 0.384 e. The van der Waals surface area contributed by atoms with Crippen molar-refractivity contribution in [3.05, 3.63) is 103 Å². The predicted octanol–water partition coefficient (Wildman–Crippen LogP) is 4.51. The molecular formula is C26H24N4O. The van der Waals surface area contributed by atoms with E-state index in [2.05, 4.69) is 10.3 Å². The number of carbonyl (C=O) groups excluding carboxylic acids is 1. The maximum atomic E-state index is 12.5. The number of hydrogen-bond donors (Lipinski definition) is 3. The summed E-state index contributed by atoms with van der Waals surface area (Å²) in [6.07, 6.45) is 0.492. The molecule has 5 heteroatoms. The molecule has 0 saturated heterocycles. The number of nitrogens with one attached hydrogen (secondary N) is 1. The normalized spacial score (nSPS) is 11.6. The lowest BCUT2D eigenvalue weighted by atomic mass is 10.0. The van der Waals surface area contributed by atoms with Crippen molar-refractivity contribution in [2.45, 2.75) is 12.5 Å². The average Bonchev–Trinajstić information content (AvgIpc) is 2.80. The molecule has 5 nitrogen and oxygen atoms in total. The molecule has 0 aliphatic carbocycles. The van der Waals surface area contributed by atoms with E-state index in [1.807, 2.05) is 91.0 Å². The Labute approximate surface area is 181 Å². The van der Waals surface area contributed by atoms with Crippen LogP contribution in [-0.4, -0.2) is 16.9 Å². The Morgan fingerprint density at radius 3 is 2.26 bits per heavy atom. The molecular weight excluding hydrogens is 384 g/mol. The minimum Gasteiger partial charge on any atom is -0.384 e. The fourth-order valence-electron chi connectivity index (χ4n) is 3.42. The van der Waals surface area contributed by atoms with Gasteiger partial charge >= 0.3 is 0 Å². The topological polar surface area (TPSA) is 94.0 Å². The van der Waals surface area contributed by atoms with Crippen molar-refractivity contribution in [1.82, 2.24) is 4.98 Å². The smallest absolute Gasteiger partial charge is 0.241 e. The summed E-state index contributed by atoms with van der Waals surface area (Å²) in [6.45, 7) is 0. The van der Waals surface area contributed by atoms with E-state index in [-0.39, 0.29) is 5.91 Å². The number of benzene rings is 3. The number of aromatic nitrogens is 1. The van der Waals surface area contributed by atoms with E-state index in [0.29, 0.717) is 17.9 Å². The van der Waals surface area contributed by atoms with Gasteiger partial charge in [-0.15, -0.1) is 0 Å². The summed E-state index contributed by atoms with van der Waals surface area (Å²) in [5.74, 6) is 0.291. The van der Waals surface area contributed by atoms with Gasteiger partial charge in [-0.1, -0.05) is 72.8 Å². The molecule has 4 rings (SSSR count). The Morgan fingerprint density at radius 2 is 1.52 bits per heavy atom. The second kappa shape index (κ2) is 9.24. The Bertz CT molecular complexity index is 1170. The van der Waals surface area contributed by atoms with Gasteiger partial charge in [-0.25, -0.2) is 4.98 Å². The minimum atomic E-state index is -0.615. The van der Waals surface area contributed by atoms with E-state index >= 15 is 0 Å². The van der Waals surface area contributed by atoms with Crippen LogP contribution < -0.4 is 16.8 Å². The second-order valence-corrected chi connectivity index (χ2v) is 7.39. The van der Waals surface area contributed by atoms with Crippen LogP contribution in [-0.2, 0) is 11.2 Å². The third-order valence-electron chi connectivity index (χ3n) is 5.05. The summed E-state index contributed by atoms with van der Waals surface area (Å²) in [5, 5.41) is 2.93. The van der Waals surface area contributed by atoms with Gasteiger partial charge < -0.3 is 16.8 Å². The molecule has 0 radical (unpaired) electrons. The highest BCUT2D eigenvalue weighted by molar-refractivity contribution is 5.95. The fraction of sp³-hybridized carbons (Fsp3) is 0.0769. The fourth-order valence-corrected chi connectivity index (χ4v) is 3.42. The van der Waals surface area contributed by atoms with E-state index in [1.54, 1.807) is 6.07 Å². The summed E-state index contributed by atoms with van der Waals surface area (Å²) in [6, 6.07) is 30.6. The van der Waals surface area contributed by atoms with E-state index in [0.717, 1.165) is 27.9 Å². The lowest BCUT2D eigenvalue weighted by molar-refractivity contribution is -0.117. The number of pyridine rings is 1. The van der Waals surface area contributed by atoms with Gasteiger partial charge in [0.2, 0.25) is 5.91 Å². The summed E-state index contributed by atoms with van der Waals surface area (Å²) >= 11 is 0. The Kier molecular flexibility index (Phi) is 6.05. The first-order chi connectivity index (χ1) is 15.1. The highest BCUT2D eigenvalue weighted by Gasteiger charge is 2.14. The van der Waals surface area contributed by atoms with Crippen LogP contribution >= 0.6 is 0 Å². The monoisotopic (exact) mass is 408 g/mol. The van der Waals surface area contributed by atoms with Crippen molar-refractivity contribution >= 4 is 17.4 Å². The minimum absolute atomic E-state index is 0.205. The molecule has 3 aromatic carbocycles. The maximum absolute atomic E-state index is 12.5. The van der Waals surface area contributed by atoms with Crippen LogP contribution in [0.25, 0.3) is 22.4 Å². The Hall–Kier alpha value is -3.96. The number of nitrogens with zero attached hydrogens (tertiary/aromatic N) is 1. The van der Waals surface area contributed by atoms with Crippen LogP contribution in [0.15, 0.2) is 97.1 Å². The molecule has 1 heterocycles. The predicted molar refractivity (Wildman–Crippen MR) is 126 cm³/mol. The van der Waals surface area contributed by atoms with Gasteiger partial charge in [-0.05, 0) is 47.4 Å². The highest BCUT2D eigenvalue weighted by atomic mass is 16.2. The molecule has 31 heavy (non-hydrogen) atoms. The van der Waals surface area contributed by atoms with Gasteiger partial charge in [-0.3, -0.25) is 4.79 Å². The average molecular weight is 409 g/mol. The molecule has 0 aliphatic heterocycles. The van der Waals surface area contributed by atoms with Crippen LogP contribution in [0.4, 0.5) is 11.5 Å². The van der Waals surface area contributed by atoms with Crippen molar-refractivity contribution in [2.75, 3.05) is 11.1 Å². The Morgan fingerprint density at radius 1 is 0.806 bits per heavy atom. The van der Waals surface area contributed by atoms with Crippen molar-refractivity contribution in [2.24, 2.45) is 5.73 Å². The van der Waals surface area contributed by atoms with Crippen molar-refractivity contribution in [1.29, 1.82) is 0 Å². The second-order valence-electron chi connectivity index (χ2n) is 7.39. The zero-order valence-electron chi connectivity index (χ0n) is 17.0. The van der Waals surface area contributed by atoms with Gasteiger partial charge in [0.1, 0.15) is 5.82 Å². The van der Waals surface area contributed by atoms with Crippen LogP contribution in [0.3, 0.4) is 0 Å². The summed E-state index contributed by atoms with van der Waals surface area (Å²) in [5.41, 5.74) is 17.5. The molecule has 4 aromatic rings.